The van der Waals surface area contributed by atoms with Crippen LogP contribution in [0.4, 0.5) is 0 Å². The fourth-order valence-electron chi connectivity index (χ4n) is 9.91. The van der Waals surface area contributed by atoms with Crippen LogP contribution in [0.25, 0.3) is 0 Å². The highest BCUT2D eigenvalue weighted by molar-refractivity contribution is 5.51. The van der Waals surface area contributed by atoms with Gasteiger partial charge in [-0.15, -0.1) is 0 Å². The van der Waals surface area contributed by atoms with E-state index < -0.39 is 0 Å². The molecule has 4 heterocycles. The predicted molar refractivity (Wildman–Crippen MR) is 182 cm³/mol. The number of hydrogen-bond donors (Lipinski definition) is 0. The summed E-state index contributed by atoms with van der Waals surface area (Å²) in [5.74, 6) is 3.94. The van der Waals surface area contributed by atoms with Crippen LogP contribution in [0.1, 0.15) is 56.6 Å². The van der Waals surface area contributed by atoms with E-state index in [2.05, 4.69) is 108 Å². The molecule has 1 spiro atoms. The zero-order chi connectivity index (χ0) is 31.0. The van der Waals surface area contributed by atoms with E-state index in [-0.39, 0.29) is 47.4 Å². The summed E-state index contributed by atoms with van der Waals surface area (Å²) in [6.07, 6.45) is 44.0. The third kappa shape index (κ3) is 4.15. The van der Waals surface area contributed by atoms with E-state index in [9.17, 15) is 0 Å². The van der Waals surface area contributed by atoms with E-state index in [4.69, 9.17) is 19.2 Å². The number of pyridine rings is 1. The van der Waals surface area contributed by atoms with Gasteiger partial charge in [-0.2, -0.15) is 0 Å². The number of fused-ring (bicyclic) bond motifs is 8. The van der Waals surface area contributed by atoms with Crippen LogP contribution in [-0.4, -0.2) is 28.2 Å². The van der Waals surface area contributed by atoms with Crippen LogP contribution in [0.2, 0.25) is 0 Å². The van der Waals surface area contributed by atoms with E-state index in [1.165, 1.54) is 22.7 Å². The molecule has 47 heavy (non-hydrogen) atoms. The van der Waals surface area contributed by atoms with E-state index in [0.29, 0.717) is 0 Å². The Kier molecular flexibility index (Phi) is 6.40. The molecule has 0 N–H and O–H groups in total. The standard InChI is InChI=1S/C42H40N2O3/c1-5-16-36-29(11-1)42(31-22-20-27(25-40(31)45-36)33-13-9-10-24-43-33)30-12-2-6-17-37(30)46-41-26-28(21-23-32(41)42)44-34-14-3-7-18-38(34)47-39-19-8-4-15-35(39)44/h1,3,5,8-14,16-17,19-24,26-27,29,31-32,36,40-41H,2,4,6-7,15,18,25H2. The first-order valence-corrected chi connectivity index (χ1v) is 17.6. The maximum absolute atomic E-state index is 7.09. The molecule has 6 aliphatic carbocycles. The van der Waals surface area contributed by atoms with Crippen LogP contribution in [0, 0.1) is 23.2 Å². The molecular formula is C42H40N2O3. The molecule has 8 unspecified atom stereocenters. The predicted octanol–water partition coefficient (Wildman–Crippen LogP) is 8.77. The molecule has 9 aliphatic rings. The van der Waals surface area contributed by atoms with E-state index in [1.807, 2.05) is 12.3 Å². The topological polar surface area (TPSA) is 43.8 Å². The summed E-state index contributed by atoms with van der Waals surface area (Å²) in [7, 11) is 0. The fraction of sp³-hybridized carbons (Fsp3) is 0.357. The third-order valence-corrected chi connectivity index (χ3v) is 11.8. The van der Waals surface area contributed by atoms with Gasteiger partial charge < -0.3 is 19.1 Å². The van der Waals surface area contributed by atoms with Gasteiger partial charge >= 0.3 is 0 Å². The zero-order valence-corrected chi connectivity index (χ0v) is 26.6. The molecule has 1 aromatic rings. The molecule has 10 rings (SSSR count). The average Bonchev–Trinajstić information content (AvgIpc) is 3.13. The minimum Gasteiger partial charge on any atom is -0.486 e. The lowest BCUT2D eigenvalue weighted by atomic mass is 9.47. The van der Waals surface area contributed by atoms with Gasteiger partial charge in [-0.05, 0) is 86.6 Å². The summed E-state index contributed by atoms with van der Waals surface area (Å²) in [4.78, 5) is 7.21. The van der Waals surface area contributed by atoms with E-state index in [1.54, 1.807) is 0 Å². The second-order valence-electron chi connectivity index (χ2n) is 14.1. The Morgan fingerprint density at radius 3 is 2.66 bits per heavy atom. The van der Waals surface area contributed by atoms with Gasteiger partial charge in [-0.25, -0.2) is 0 Å². The van der Waals surface area contributed by atoms with Crippen molar-refractivity contribution >= 4 is 0 Å². The molecule has 2 saturated heterocycles. The smallest absolute Gasteiger partial charge is 0.146 e. The molecule has 2 fully saturated rings. The lowest BCUT2D eigenvalue weighted by Gasteiger charge is -2.63. The quantitative estimate of drug-likeness (QED) is 0.309. The van der Waals surface area contributed by atoms with Gasteiger partial charge in [-0.1, -0.05) is 66.8 Å². The van der Waals surface area contributed by atoms with Crippen molar-refractivity contribution in [3.8, 4) is 0 Å². The van der Waals surface area contributed by atoms with Crippen molar-refractivity contribution in [3.05, 3.63) is 161 Å². The van der Waals surface area contributed by atoms with Crippen molar-refractivity contribution in [1.29, 1.82) is 0 Å². The van der Waals surface area contributed by atoms with Crippen LogP contribution in [0.15, 0.2) is 155 Å². The highest BCUT2D eigenvalue weighted by Crippen LogP contribution is 2.65. The highest BCUT2D eigenvalue weighted by atomic mass is 16.5. The summed E-state index contributed by atoms with van der Waals surface area (Å²) >= 11 is 0. The summed E-state index contributed by atoms with van der Waals surface area (Å²) in [5, 5.41) is 0. The molecular weight excluding hydrogens is 580 g/mol. The molecule has 0 saturated carbocycles. The summed E-state index contributed by atoms with van der Waals surface area (Å²) < 4.78 is 20.6. The van der Waals surface area contributed by atoms with Gasteiger partial charge in [0.05, 0.1) is 23.6 Å². The maximum atomic E-state index is 7.09. The number of ether oxygens (including phenoxy) is 3. The molecule has 3 aliphatic heterocycles. The number of allylic oxidation sites excluding steroid dienone is 13. The second kappa shape index (κ2) is 10.8. The lowest BCUT2D eigenvalue weighted by molar-refractivity contribution is -0.170. The molecule has 5 nitrogen and oxygen atoms in total. The number of aromatic nitrogens is 1. The normalized spacial score (nSPS) is 37.4. The molecule has 236 valence electrons. The Morgan fingerprint density at radius 1 is 0.809 bits per heavy atom. The minimum absolute atomic E-state index is 0.0137. The van der Waals surface area contributed by atoms with Crippen LogP contribution >= 0.6 is 0 Å². The Labute approximate surface area is 277 Å². The number of nitrogens with zero attached hydrogens (tertiary/aromatic N) is 2. The molecule has 0 bridgehead atoms. The average molecular weight is 621 g/mol. The van der Waals surface area contributed by atoms with Gasteiger partial charge in [0.2, 0.25) is 0 Å². The first-order valence-electron chi connectivity index (χ1n) is 17.6. The van der Waals surface area contributed by atoms with Crippen LogP contribution < -0.4 is 0 Å². The molecule has 5 heteroatoms. The summed E-state index contributed by atoms with van der Waals surface area (Å²) in [6, 6.07) is 6.25. The lowest BCUT2D eigenvalue weighted by Crippen LogP contribution is -2.63. The molecule has 0 aromatic carbocycles. The van der Waals surface area contributed by atoms with Gasteiger partial charge in [0, 0.05) is 53.1 Å². The van der Waals surface area contributed by atoms with Crippen molar-refractivity contribution < 1.29 is 14.2 Å². The number of rotatable bonds is 2. The summed E-state index contributed by atoms with van der Waals surface area (Å²) in [5.41, 5.74) is 5.91. The Hall–Kier alpha value is -4.35. The zero-order valence-electron chi connectivity index (χ0n) is 26.6. The first-order chi connectivity index (χ1) is 23.3. The SMILES string of the molecule is C1=CC2OC3CC(c4ccccn4)C=CC3C3(C4=CCCC=C4OC4C=C(N5C6=C(CCC=C6)OC6=C5CCC=C6)C=CC43)C2C=C1. The van der Waals surface area contributed by atoms with Gasteiger partial charge in [0.1, 0.15) is 23.4 Å². The van der Waals surface area contributed by atoms with Crippen molar-refractivity contribution in [2.45, 2.75) is 69.2 Å². The first kappa shape index (κ1) is 27.7. The van der Waals surface area contributed by atoms with Crippen molar-refractivity contribution in [2.75, 3.05) is 0 Å². The second-order valence-corrected chi connectivity index (χ2v) is 14.1. The van der Waals surface area contributed by atoms with Crippen molar-refractivity contribution in [3.63, 3.8) is 0 Å². The van der Waals surface area contributed by atoms with Crippen molar-refractivity contribution in [1.82, 2.24) is 9.88 Å². The monoisotopic (exact) mass is 620 g/mol. The highest BCUT2D eigenvalue weighted by Gasteiger charge is 2.64. The molecule has 8 atom stereocenters. The van der Waals surface area contributed by atoms with Crippen LogP contribution in [0.5, 0.6) is 0 Å². The molecule has 1 aromatic heterocycles. The third-order valence-electron chi connectivity index (χ3n) is 11.8. The van der Waals surface area contributed by atoms with Crippen LogP contribution in [0.3, 0.4) is 0 Å². The summed E-state index contributed by atoms with van der Waals surface area (Å²) in [6.45, 7) is 0. The van der Waals surface area contributed by atoms with Gasteiger partial charge in [-0.3, -0.25) is 4.98 Å². The number of hydrogen-bond acceptors (Lipinski definition) is 5. The fourth-order valence-corrected chi connectivity index (χ4v) is 9.91. The minimum atomic E-state index is -0.202. The van der Waals surface area contributed by atoms with E-state index >= 15 is 0 Å². The molecule has 0 radical (unpaired) electrons. The Balaban J connectivity index is 1.11. The van der Waals surface area contributed by atoms with Crippen molar-refractivity contribution in [2.24, 2.45) is 23.2 Å². The largest absolute Gasteiger partial charge is 0.486 e. The van der Waals surface area contributed by atoms with Gasteiger partial charge in [0.25, 0.3) is 0 Å². The molecule has 0 amide bonds. The maximum Gasteiger partial charge on any atom is 0.146 e. The van der Waals surface area contributed by atoms with Gasteiger partial charge in [0.15, 0.2) is 0 Å². The van der Waals surface area contributed by atoms with E-state index in [0.717, 1.165) is 67.9 Å². The Bertz CT molecular complexity index is 1850. The van der Waals surface area contributed by atoms with Crippen LogP contribution in [-0.2, 0) is 14.2 Å². The Morgan fingerprint density at radius 2 is 1.70 bits per heavy atom.